The molecule has 15 heavy (non-hydrogen) atoms. The first-order valence-electron chi connectivity index (χ1n) is 5.28. The topological polar surface area (TPSA) is 50.9 Å². The van der Waals surface area contributed by atoms with Gasteiger partial charge in [0.15, 0.2) is 0 Å². The fraction of sp³-hybridized carbons (Fsp3) is 0.545. The fourth-order valence-electron chi connectivity index (χ4n) is 2.05. The zero-order valence-electron chi connectivity index (χ0n) is 8.67. The minimum atomic E-state index is -1.12. The molecule has 82 valence electrons. The molecule has 1 aromatic rings. The third kappa shape index (κ3) is 2.65. The summed E-state index contributed by atoms with van der Waals surface area (Å²) in [6.07, 6.45) is 3.58. The highest BCUT2D eigenvalue weighted by atomic mass is 19.1. The van der Waals surface area contributed by atoms with Crippen LogP contribution in [-0.4, -0.2) is 23.7 Å². The van der Waals surface area contributed by atoms with Crippen molar-refractivity contribution in [2.45, 2.75) is 24.9 Å². The fourth-order valence-corrected chi connectivity index (χ4v) is 2.05. The summed E-state index contributed by atoms with van der Waals surface area (Å²) < 4.78 is 14.3. The molecule has 3 nitrogen and oxygen atoms in total. The number of halogens is 1. The highest BCUT2D eigenvalue weighted by molar-refractivity contribution is 5.32. The highest BCUT2D eigenvalue weighted by Gasteiger charge is 2.31. The van der Waals surface area contributed by atoms with Gasteiger partial charge in [-0.05, 0) is 37.1 Å². The molecule has 2 heterocycles. The van der Waals surface area contributed by atoms with Crippen molar-refractivity contribution < 1.29 is 4.39 Å². The lowest BCUT2D eigenvalue weighted by Gasteiger charge is -2.30. The van der Waals surface area contributed by atoms with Gasteiger partial charge in [0.1, 0.15) is 11.5 Å². The summed E-state index contributed by atoms with van der Waals surface area (Å²) in [5.74, 6) is 0.458. The minimum absolute atomic E-state index is 0.423. The lowest BCUT2D eigenvalue weighted by atomic mass is 9.89. The van der Waals surface area contributed by atoms with Crippen molar-refractivity contribution in [1.29, 1.82) is 0 Å². The quantitative estimate of drug-likeness (QED) is 0.772. The molecular formula is C11H16FN3. The summed E-state index contributed by atoms with van der Waals surface area (Å²) in [5, 5.41) is 3.09. The molecule has 4 heteroatoms. The van der Waals surface area contributed by atoms with E-state index in [1.807, 2.05) is 6.07 Å². The van der Waals surface area contributed by atoms with Crippen molar-refractivity contribution in [2.24, 2.45) is 0 Å². The molecule has 0 saturated carbocycles. The lowest BCUT2D eigenvalue weighted by Crippen LogP contribution is -2.43. The molecule has 0 aromatic carbocycles. The van der Waals surface area contributed by atoms with Gasteiger partial charge in [0.25, 0.3) is 0 Å². The number of nitrogens with two attached hydrogens (primary N) is 1. The van der Waals surface area contributed by atoms with E-state index in [2.05, 4.69) is 10.3 Å². The van der Waals surface area contributed by atoms with Gasteiger partial charge in [0, 0.05) is 19.2 Å². The van der Waals surface area contributed by atoms with E-state index >= 15 is 0 Å². The molecule has 2 rings (SSSR count). The molecule has 0 aliphatic carbocycles. The Labute approximate surface area is 88.9 Å². The van der Waals surface area contributed by atoms with E-state index in [4.69, 9.17) is 5.73 Å². The van der Waals surface area contributed by atoms with Crippen molar-refractivity contribution in [3.63, 3.8) is 0 Å². The first-order chi connectivity index (χ1) is 7.18. The van der Waals surface area contributed by atoms with Gasteiger partial charge < -0.3 is 11.1 Å². The van der Waals surface area contributed by atoms with Crippen molar-refractivity contribution in [1.82, 2.24) is 10.3 Å². The van der Waals surface area contributed by atoms with Crippen LogP contribution in [-0.2, 0) is 6.42 Å². The molecule has 1 aliphatic heterocycles. The predicted octanol–water partition coefficient (Wildman–Crippen LogP) is 1.30. The van der Waals surface area contributed by atoms with E-state index in [1.165, 1.54) is 0 Å². The molecule has 1 unspecified atom stereocenters. The van der Waals surface area contributed by atoms with Gasteiger partial charge in [0.05, 0.1) is 0 Å². The number of hydrogen-bond acceptors (Lipinski definition) is 3. The van der Waals surface area contributed by atoms with Crippen LogP contribution in [0, 0.1) is 0 Å². The molecule has 3 N–H and O–H groups in total. The van der Waals surface area contributed by atoms with E-state index in [9.17, 15) is 4.39 Å². The summed E-state index contributed by atoms with van der Waals surface area (Å²) in [5.41, 5.74) is 5.36. The molecule has 1 atom stereocenters. The maximum atomic E-state index is 14.3. The molecule has 1 aliphatic rings. The standard InChI is InChI=1S/C11H16FN3/c12-11(3-1-4-14-8-11)7-9-2-5-15-10(13)6-9/h2,5-6,14H,1,3-4,7-8H2,(H2,13,15). The van der Waals surface area contributed by atoms with Crippen molar-refractivity contribution >= 4 is 5.82 Å². The first kappa shape index (κ1) is 10.4. The van der Waals surface area contributed by atoms with E-state index in [-0.39, 0.29) is 0 Å². The number of anilines is 1. The van der Waals surface area contributed by atoms with E-state index in [1.54, 1.807) is 12.3 Å². The van der Waals surface area contributed by atoms with E-state index in [0.717, 1.165) is 18.5 Å². The second-order valence-electron chi connectivity index (χ2n) is 4.20. The average molecular weight is 209 g/mol. The third-order valence-electron chi connectivity index (χ3n) is 2.79. The molecule has 0 bridgehead atoms. The number of pyridine rings is 1. The van der Waals surface area contributed by atoms with Gasteiger partial charge >= 0.3 is 0 Å². The maximum Gasteiger partial charge on any atom is 0.127 e. The second-order valence-corrected chi connectivity index (χ2v) is 4.20. The normalized spacial score (nSPS) is 26.5. The van der Waals surface area contributed by atoms with Gasteiger partial charge in [-0.25, -0.2) is 9.37 Å². The summed E-state index contributed by atoms with van der Waals surface area (Å²) in [7, 11) is 0. The smallest absolute Gasteiger partial charge is 0.127 e. The zero-order chi connectivity index (χ0) is 10.7. The molecule has 0 radical (unpaired) electrons. The first-order valence-corrected chi connectivity index (χ1v) is 5.28. The molecule has 1 fully saturated rings. The summed E-state index contributed by atoms with van der Waals surface area (Å²) in [4.78, 5) is 3.90. The van der Waals surface area contributed by atoms with Crippen LogP contribution in [0.15, 0.2) is 18.3 Å². The van der Waals surface area contributed by atoms with E-state index < -0.39 is 5.67 Å². The van der Waals surface area contributed by atoms with Gasteiger partial charge in [-0.15, -0.1) is 0 Å². The van der Waals surface area contributed by atoms with Crippen LogP contribution < -0.4 is 11.1 Å². The number of nitrogens with zero attached hydrogens (tertiary/aromatic N) is 1. The molecule has 0 spiro atoms. The van der Waals surface area contributed by atoms with Crippen LogP contribution in [0.2, 0.25) is 0 Å². The minimum Gasteiger partial charge on any atom is -0.384 e. The SMILES string of the molecule is Nc1cc(CC2(F)CCCNC2)ccn1. The summed E-state index contributed by atoms with van der Waals surface area (Å²) in [6.45, 7) is 1.36. The van der Waals surface area contributed by atoms with Crippen LogP contribution in [0.3, 0.4) is 0 Å². The van der Waals surface area contributed by atoms with Crippen LogP contribution in [0.4, 0.5) is 10.2 Å². The lowest BCUT2D eigenvalue weighted by molar-refractivity contribution is 0.122. The van der Waals surface area contributed by atoms with Crippen LogP contribution in [0.25, 0.3) is 0 Å². The average Bonchev–Trinajstić information content (AvgIpc) is 2.18. The number of hydrogen-bond donors (Lipinski definition) is 2. The van der Waals surface area contributed by atoms with Crippen LogP contribution in [0.5, 0.6) is 0 Å². The number of nitrogen functional groups attached to an aromatic ring is 1. The van der Waals surface area contributed by atoms with Crippen LogP contribution >= 0.6 is 0 Å². The van der Waals surface area contributed by atoms with Gasteiger partial charge in [-0.3, -0.25) is 0 Å². The highest BCUT2D eigenvalue weighted by Crippen LogP contribution is 2.25. The predicted molar refractivity (Wildman–Crippen MR) is 58.3 cm³/mol. The Balaban J connectivity index is 2.06. The number of rotatable bonds is 2. The molecule has 0 amide bonds. The largest absolute Gasteiger partial charge is 0.384 e. The Kier molecular flexibility index (Phi) is 2.86. The van der Waals surface area contributed by atoms with Gasteiger partial charge in [-0.1, -0.05) is 0 Å². The summed E-state index contributed by atoms with van der Waals surface area (Å²) >= 11 is 0. The zero-order valence-corrected chi connectivity index (χ0v) is 8.67. The molecule has 1 aromatic heterocycles. The van der Waals surface area contributed by atoms with Crippen molar-refractivity contribution in [3.05, 3.63) is 23.9 Å². The number of aromatic nitrogens is 1. The van der Waals surface area contributed by atoms with Crippen molar-refractivity contribution in [2.75, 3.05) is 18.8 Å². The summed E-state index contributed by atoms with van der Waals surface area (Å²) in [6, 6.07) is 3.57. The number of alkyl halides is 1. The van der Waals surface area contributed by atoms with Crippen LogP contribution in [0.1, 0.15) is 18.4 Å². The Morgan fingerprint density at radius 3 is 3.13 bits per heavy atom. The Morgan fingerprint density at radius 1 is 1.60 bits per heavy atom. The monoisotopic (exact) mass is 209 g/mol. The maximum absolute atomic E-state index is 14.3. The Morgan fingerprint density at radius 2 is 2.47 bits per heavy atom. The Bertz CT molecular complexity index is 334. The third-order valence-corrected chi connectivity index (χ3v) is 2.79. The molecular weight excluding hydrogens is 193 g/mol. The Hall–Kier alpha value is -1.16. The number of piperidine rings is 1. The second kappa shape index (κ2) is 4.14. The number of nitrogens with one attached hydrogen (secondary N) is 1. The van der Waals surface area contributed by atoms with E-state index in [0.29, 0.717) is 25.2 Å². The van der Waals surface area contributed by atoms with Crippen molar-refractivity contribution in [3.8, 4) is 0 Å². The van der Waals surface area contributed by atoms with Gasteiger partial charge in [-0.2, -0.15) is 0 Å². The van der Waals surface area contributed by atoms with Gasteiger partial charge in [0.2, 0.25) is 0 Å². The molecule has 1 saturated heterocycles.